The molecule has 26 heavy (non-hydrogen) atoms. The van der Waals surface area contributed by atoms with Gasteiger partial charge in [-0.25, -0.2) is 4.79 Å². The molecule has 0 radical (unpaired) electrons. The number of fused-ring (bicyclic) bond motifs is 3. The molecule has 8 heteroatoms. The van der Waals surface area contributed by atoms with Gasteiger partial charge in [0.25, 0.3) is 0 Å². The molecule has 4 atom stereocenters. The SMILES string of the molecule is C=C[C@H]1CN2CC[C@H]1C[C@@H]2CNC(=O)Nc1ccc(OC(F)(F)F)cc1. The van der Waals surface area contributed by atoms with Crippen molar-refractivity contribution in [3.63, 3.8) is 0 Å². The summed E-state index contributed by atoms with van der Waals surface area (Å²) in [5.74, 6) is 0.839. The molecule has 4 rings (SSSR count). The molecule has 0 aliphatic carbocycles. The van der Waals surface area contributed by atoms with Crippen molar-refractivity contribution in [1.29, 1.82) is 0 Å². The first-order chi connectivity index (χ1) is 12.3. The molecule has 1 aromatic rings. The smallest absolute Gasteiger partial charge is 0.406 e. The van der Waals surface area contributed by atoms with Gasteiger partial charge in [-0.05, 0) is 55.5 Å². The van der Waals surface area contributed by atoms with E-state index in [1.807, 2.05) is 6.08 Å². The molecule has 1 unspecified atom stereocenters. The van der Waals surface area contributed by atoms with E-state index in [0.717, 1.165) is 31.6 Å². The van der Waals surface area contributed by atoms with Crippen LogP contribution in [0.1, 0.15) is 12.8 Å². The van der Waals surface area contributed by atoms with Crippen molar-refractivity contribution in [2.24, 2.45) is 11.8 Å². The van der Waals surface area contributed by atoms with Crippen molar-refractivity contribution >= 4 is 11.7 Å². The summed E-state index contributed by atoms with van der Waals surface area (Å²) < 4.78 is 40.2. The minimum absolute atomic E-state index is 0.318. The van der Waals surface area contributed by atoms with E-state index in [0.29, 0.717) is 30.1 Å². The number of piperidine rings is 3. The highest BCUT2D eigenvalue weighted by Crippen LogP contribution is 2.36. The Morgan fingerprint density at radius 3 is 2.65 bits per heavy atom. The van der Waals surface area contributed by atoms with Crippen molar-refractivity contribution in [3.8, 4) is 5.75 Å². The lowest BCUT2D eigenvalue weighted by atomic mass is 9.75. The Labute approximate surface area is 150 Å². The maximum Gasteiger partial charge on any atom is 0.573 e. The number of carbonyl (C=O) groups is 1. The first-order valence-electron chi connectivity index (χ1n) is 8.61. The third kappa shape index (κ3) is 4.69. The van der Waals surface area contributed by atoms with Gasteiger partial charge in [0, 0.05) is 24.8 Å². The lowest BCUT2D eigenvalue weighted by Gasteiger charge is -2.49. The maximum absolute atomic E-state index is 12.1. The highest BCUT2D eigenvalue weighted by atomic mass is 19.4. The fourth-order valence-electron chi connectivity index (χ4n) is 3.78. The van der Waals surface area contributed by atoms with Crippen LogP contribution >= 0.6 is 0 Å². The van der Waals surface area contributed by atoms with E-state index in [2.05, 4.69) is 26.8 Å². The molecular formula is C18H22F3N3O2. The number of nitrogens with one attached hydrogen (secondary N) is 2. The van der Waals surface area contributed by atoms with Gasteiger partial charge >= 0.3 is 12.4 Å². The van der Waals surface area contributed by atoms with Crippen LogP contribution in [0.3, 0.4) is 0 Å². The third-order valence-electron chi connectivity index (χ3n) is 5.08. The molecule has 3 fully saturated rings. The standard InChI is InChI=1S/C18H22F3N3O2/c1-2-12-11-24-8-7-13(12)9-15(24)10-22-17(25)23-14-3-5-16(6-4-14)26-18(19,20)21/h2-6,12-13,15H,1,7-11H2,(H2,22,23,25)/t12-,13-,15+/m0/s1. The second kappa shape index (κ2) is 7.57. The predicted octanol–water partition coefficient (Wildman–Crippen LogP) is 3.60. The average Bonchev–Trinajstić information content (AvgIpc) is 2.61. The van der Waals surface area contributed by atoms with Gasteiger partial charge in [0.1, 0.15) is 5.75 Å². The molecule has 2 bridgehead atoms. The summed E-state index contributed by atoms with van der Waals surface area (Å²) in [5.41, 5.74) is 0.397. The van der Waals surface area contributed by atoms with Crippen molar-refractivity contribution < 1.29 is 22.7 Å². The Hall–Kier alpha value is -2.22. The van der Waals surface area contributed by atoms with Gasteiger partial charge in [0.2, 0.25) is 0 Å². The van der Waals surface area contributed by atoms with Crippen molar-refractivity contribution in [2.75, 3.05) is 25.0 Å². The molecule has 5 nitrogen and oxygen atoms in total. The maximum atomic E-state index is 12.1. The van der Waals surface area contributed by atoms with E-state index in [9.17, 15) is 18.0 Å². The van der Waals surface area contributed by atoms with Gasteiger partial charge in [-0.1, -0.05) is 6.08 Å². The molecule has 3 heterocycles. The summed E-state index contributed by atoms with van der Waals surface area (Å²) in [6, 6.07) is 4.98. The molecule has 0 spiro atoms. The molecule has 3 saturated heterocycles. The second-order valence-electron chi connectivity index (χ2n) is 6.74. The number of carbonyl (C=O) groups excluding carboxylic acids is 1. The molecule has 2 N–H and O–H groups in total. The topological polar surface area (TPSA) is 53.6 Å². The summed E-state index contributed by atoms with van der Waals surface area (Å²) >= 11 is 0. The molecule has 3 aliphatic rings. The van der Waals surface area contributed by atoms with Crippen LogP contribution in [0.2, 0.25) is 0 Å². The second-order valence-corrected chi connectivity index (χ2v) is 6.74. The zero-order valence-corrected chi connectivity index (χ0v) is 14.3. The van der Waals surface area contributed by atoms with Crippen LogP contribution in [0.5, 0.6) is 5.75 Å². The summed E-state index contributed by atoms with van der Waals surface area (Å²) in [7, 11) is 0. The van der Waals surface area contributed by atoms with Gasteiger partial charge in [-0.3, -0.25) is 4.90 Å². The van der Waals surface area contributed by atoms with E-state index in [1.54, 1.807) is 0 Å². The number of amides is 2. The average molecular weight is 369 g/mol. The quantitative estimate of drug-likeness (QED) is 0.780. The summed E-state index contributed by atoms with van der Waals surface area (Å²) in [4.78, 5) is 14.4. The van der Waals surface area contributed by atoms with Gasteiger partial charge in [-0.2, -0.15) is 0 Å². The number of benzene rings is 1. The zero-order valence-electron chi connectivity index (χ0n) is 14.3. The van der Waals surface area contributed by atoms with E-state index in [-0.39, 0.29) is 11.8 Å². The monoisotopic (exact) mass is 369 g/mol. The van der Waals surface area contributed by atoms with E-state index in [1.165, 1.54) is 18.6 Å². The van der Waals surface area contributed by atoms with Gasteiger partial charge in [0.15, 0.2) is 0 Å². The zero-order chi connectivity index (χ0) is 18.7. The molecular weight excluding hydrogens is 347 g/mol. The van der Waals surface area contributed by atoms with Crippen LogP contribution < -0.4 is 15.4 Å². The van der Waals surface area contributed by atoms with Crippen molar-refractivity contribution in [2.45, 2.75) is 25.2 Å². The van der Waals surface area contributed by atoms with E-state index >= 15 is 0 Å². The number of ether oxygens (including phenoxy) is 1. The van der Waals surface area contributed by atoms with Gasteiger partial charge in [-0.15, -0.1) is 19.8 Å². The molecule has 0 saturated carbocycles. The number of hydrogen-bond donors (Lipinski definition) is 2. The van der Waals surface area contributed by atoms with Gasteiger partial charge < -0.3 is 15.4 Å². The van der Waals surface area contributed by atoms with Gasteiger partial charge in [0.05, 0.1) is 0 Å². The number of hydrogen-bond acceptors (Lipinski definition) is 3. The summed E-state index contributed by atoms with van der Waals surface area (Å²) in [6.45, 7) is 6.47. The van der Waals surface area contributed by atoms with Crippen LogP contribution in [0.25, 0.3) is 0 Å². The minimum Gasteiger partial charge on any atom is -0.406 e. The third-order valence-corrected chi connectivity index (χ3v) is 5.08. The van der Waals surface area contributed by atoms with Crippen molar-refractivity contribution in [3.05, 3.63) is 36.9 Å². The lowest BCUT2D eigenvalue weighted by molar-refractivity contribution is -0.274. The van der Waals surface area contributed by atoms with Crippen molar-refractivity contribution in [1.82, 2.24) is 10.2 Å². The number of halogens is 3. The summed E-state index contributed by atoms with van der Waals surface area (Å²) in [6.07, 6.45) is -0.489. The van der Waals surface area contributed by atoms with Crippen LogP contribution in [-0.4, -0.2) is 43.0 Å². The number of urea groups is 1. The Morgan fingerprint density at radius 1 is 1.35 bits per heavy atom. The molecule has 1 aromatic carbocycles. The molecule has 2 amide bonds. The molecule has 142 valence electrons. The highest BCUT2D eigenvalue weighted by molar-refractivity contribution is 5.89. The van der Waals surface area contributed by atoms with Crippen LogP contribution in [-0.2, 0) is 0 Å². The predicted molar refractivity (Wildman–Crippen MR) is 91.9 cm³/mol. The largest absolute Gasteiger partial charge is 0.573 e. The summed E-state index contributed by atoms with van der Waals surface area (Å²) in [5, 5.41) is 5.46. The van der Waals surface area contributed by atoms with Crippen LogP contribution in [0.4, 0.5) is 23.7 Å². The van der Waals surface area contributed by atoms with E-state index < -0.39 is 6.36 Å². The normalized spacial score (nSPS) is 27.7. The molecule has 0 aromatic heterocycles. The lowest BCUT2D eigenvalue weighted by Crippen LogP contribution is -2.56. The highest BCUT2D eigenvalue weighted by Gasteiger charge is 2.38. The Balaban J connectivity index is 1.45. The Kier molecular flexibility index (Phi) is 5.41. The van der Waals surface area contributed by atoms with E-state index in [4.69, 9.17) is 0 Å². The first-order valence-corrected chi connectivity index (χ1v) is 8.61. The fraction of sp³-hybridized carbons (Fsp3) is 0.500. The Morgan fingerprint density at radius 2 is 2.08 bits per heavy atom. The minimum atomic E-state index is -4.73. The number of nitrogens with zero attached hydrogens (tertiary/aromatic N) is 1. The number of rotatable bonds is 5. The number of alkyl halides is 3. The van der Waals surface area contributed by atoms with Crippen LogP contribution in [0.15, 0.2) is 36.9 Å². The molecule has 3 aliphatic heterocycles. The first kappa shape index (κ1) is 18.6. The van der Waals surface area contributed by atoms with Crippen LogP contribution in [0, 0.1) is 11.8 Å². The number of anilines is 1. The fourth-order valence-corrected chi connectivity index (χ4v) is 3.78. The Bertz CT molecular complexity index is 648.